The average Bonchev–Trinajstić information content (AvgIpc) is 3.06. The Bertz CT molecular complexity index is 857. The summed E-state index contributed by atoms with van der Waals surface area (Å²) >= 11 is 0. The molecule has 0 atom stereocenters. The lowest BCUT2D eigenvalue weighted by atomic mass is 10.0. The number of ether oxygens (including phenoxy) is 1. The number of carbonyl (C=O) groups excluding carboxylic acids is 2. The lowest BCUT2D eigenvalue weighted by Gasteiger charge is -2.12. The minimum atomic E-state index is -3.74. The van der Waals surface area contributed by atoms with Gasteiger partial charge in [0, 0.05) is 18.6 Å². The molecule has 10 nitrogen and oxygen atoms in total. The van der Waals surface area contributed by atoms with Gasteiger partial charge in [0.05, 0.1) is 16.7 Å². The number of carbonyl (C=O) groups is 2. The molecule has 0 radical (unpaired) electrons. The first-order chi connectivity index (χ1) is 12.6. The summed E-state index contributed by atoms with van der Waals surface area (Å²) < 4.78 is 31.0. The normalized spacial score (nSPS) is 15.4. The highest BCUT2D eigenvalue weighted by molar-refractivity contribution is 7.89. The quantitative estimate of drug-likeness (QED) is 0.200. The first kappa shape index (κ1) is 20.5. The van der Waals surface area contributed by atoms with Crippen LogP contribution in [0.1, 0.15) is 42.5 Å². The van der Waals surface area contributed by atoms with Crippen LogP contribution >= 0.6 is 0 Å². The van der Waals surface area contributed by atoms with Gasteiger partial charge in [-0.15, -0.1) is 0 Å². The second-order valence-electron chi connectivity index (χ2n) is 6.23. The van der Waals surface area contributed by atoms with E-state index in [9.17, 15) is 28.1 Å². The second-order valence-corrected chi connectivity index (χ2v) is 7.88. The summed E-state index contributed by atoms with van der Waals surface area (Å²) in [7, 11) is -3.74. The number of alkyl carbamates (subject to hydrolysis) is 1. The largest absolute Gasteiger partial charge is 0.420 e. The lowest BCUT2D eigenvalue weighted by molar-refractivity contribution is -0.384. The monoisotopic (exact) mass is 397 g/mol. The maximum Gasteiger partial charge on any atom is 0.420 e. The third-order valence-corrected chi connectivity index (χ3v) is 4.53. The summed E-state index contributed by atoms with van der Waals surface area (Å²) in [5.41, 5.74) is -0.275. The predicted molar refractivity (Wildman–Crippen MR) is 95.9 cm³/mol. The molecule has 11 heteroatoms. The minimum Gasteiger partial charge on any atom is -0.372 e. The molecule has 0 aromatic heterocycles. The standard InChI is InChI=1S/C16H19N3O7S/c1-27(24,25)18-14(10-11-4-2-3-5-11)17-16(21)26-15(20)12-6-8-13(9-7-12)19(22)23/h6-9,11H,2-5,10H2,1H3,(H,17,18,21). The molecule has 1 aromatic carbocycles. The van der Waals surface area contributed by atoms with Crippen LogP contribution in [0.2, 0.25) is 0 Å². The summed E-state index contributed by atoms with van der Waals surface area (Å²) in [6.07, 6.45) is 3.85. The van der Waals surface area contributed by atoms with Gasteiger partial charge < -0.3 is 4.74 Å². The third kappa shape index (κ3) is 6.77. The van der Waals surface area contributed by atoms with E-state index >= 15 is 0 Å². The zero-order chi connectivity index (χ0) is 20.0. The van der Waals surface area contributed by atoms with Crippen LogP contribution < -0.4 is 5.32 Å². The van der Waals surface area contributed by atoms with Crippen molar-refractivity contribution in [2.75, 3.05) is 6.26 Å². The minimum absolute atomic E-state index is 0.0619. The molecule has 27 heavy (non-hydrogen) atoms. The number of non-ortho nitro benzene ring substituents is 1. The summed E-state index contributed by atoms with van der Waals surface area (Å²) in [4.78, 5) is 33.8. The van der Waals surface area contributed by atoms with E-state index in [0.717, 1.165) is 56.2 Å². The van der Waals surface area contributed by atoms with Crippen LogP contribution in [0.25, 0.3) is 0 Å². The van der Waals surface area contributed by atoms with Crippen LogP contribution in [0, 0.1) is 16.0 Å². The zero-order valence-corrected chi connectivity index (χ0v) is 15.4. The van der Waals surface area contributed by atoms with Crippen molar-refractivity contribution in [3.63, 3.8) is 0 Å². The fraction of sp³-hybridized carbons (Fsp3) is 0.438. The highest BCUT2D eigenvalue weighted by atomic mass is 32.2. The molecule has 2 rings (SSSR count). The molecule has 0 bridgehead atoms. The Balaban J connectivity index is 2.02. The van der Waals surface area contributed by atoms with Gasteiger partial charge in [0.1, 0.15) is 5.84 Å². The molecule has 1 amide bonds. The molecule has 1 aliphatic carbocycles. The van der Waals surface area contributed by atoms with Gasteiger partial charge in [-0.2, -0.15) is 4.40 Å². The molecular weight excluding hydrogens is 378 g/mol. The van der Waals surface area contributed by atoms with Gasteiger partial charge in [-0.05, 0) is 18.1 Å². The fourth-order valence-electron chi connectivity index (χ4n) is 2.80. The number of hydrogen-bond donors (Lipinski definition) is 1. The van der Waals surface area contributed by atoms with E-state index in [-0.39, 0.29) is 29.4 Å². The van der Waals surface area contributed by atoms with Crippen molar-refractivity contribution in [3.8, 4) is 0 Å². The average molecular weight is 397 g/mol. The number of esters is 1. The predicted octanol–water partition coefficient (Wildman–Crippen LogP) is 2.40. The molecule has 0 unspecified atom stereocenters. The fourth-order valence-corrected chi connectivity index (χ4v) is 3.33. The zero-order valence-electron chi connectivity index (χ0n) is 14.6. The van der Waals surface area contributed by atoms with Gasteiger partial charge in [0.25, 0.3) is 15.7 Å². The van der Waals surface area contributed by atoms with E-state index in [0.29, 0.717) is 0 Å². The second kappa shape index (κ2) is 8.71. The van der Waals surface area contributed by atoms with Gasteiger partial charge in [-0.3, -0.25) is 15.4 Å². The number of nitro groups is 1. The van der Waals surface area contributed by atoms with Gasteiger partial charge >= 0.3 is 12.1 Å². The van der Waals surface area contributed by atoms with Crippen molar-refractivity contribution in [1.29, 1.82) is 0 Å². The number of rotatable bonds is 5. The Morgan fingerprint density at radius 2 is 1.85 bits per heavy atom. The summed E-state index contributed by atoms with van der Waals surface area (Å²) in [5, 5.41) is 12.8. The molecule has 1 aliphatic rings. The van der Waals surface area contributed by atoms with Crippen LogP contribution in [0.15, 0.2) is 28.7 Å². The van der Waals surface area contributed by atoms with Crippen LogP contribution in [-0.2, 0) is 14.8 Å². The van der Waals surface area contributed by atoms with Crippen molar-refractivity contribution in [2.45, 2.75) is 32.1 Å². The lowest BCUT2D eigenvalue weighted by Crippen LogP contribution is -2.34. The SMILES string of the molecule is CS(=O)(=O)N=C(CC1CCCC1)NC(=O)OC(=O)c1ccc([N+](=O)[O-])cc1. The van der Waals surface area contributed by atoms with E-state index in [1.165, 1.54) is 0 Å². The van der Waals surface area contributed by atoms with Crippen molar-refractivity contribution in [3.05, 3.63) is 39.9 Å². The Morgan fingerprint density at radius 3 is 2.37 bits per heavy atom. The summed E-state index contributed by atoms with van der Waals surface area (Å²) in [6, 6.07) is 4.51. The first-order valence-electron chi connectivity index (χ1n) is 8.20. The molecule has 0 saturated heterocycles. The number of hydrogen-bond acceptors (Lipinski definition) is 7. The molecule has 1 fully saturated rings. The Labute approximate surface area is 155 Å². The Hall–Kier alpha value is -2.82. The van der Waals surface area contributed by atoms with Crippen molar-refractivity contribution in [2.24, 2.45) is 10.3 Å². The molecule has 146 valence electrons. The number of amides is 1. The summed E-state index contributed by atoms with van der Waals surface area (Å²) in [6.45, 7) is 0. The number of nitrogens with one attached hydrogen (secondary N) is 1. The number of benzene rings is 1. The van der Waals surface area contributed by atoms with Crippen LogP contribution in [-0.4, -0.2) is 37.5 Å². The van der Waals surface area contributed by atoms with Crippen molar-refractivity contribution >= 4 is 33.6 Å². The Kier molecular flexibility index (Phi) is 6.61. The molecule has 0 heterocycles. The third-order valence-electron chi connectivity index (χ3n) is 3.98. The van der Waals surface area contributed by atoms with Gasteiger partial charge in [0.2, 0.25) is 0 Å². The molecular formula is C16H19N3O7S. The number of nitrogens with zero attached hydrogens (tertiary/aromatic N) is 2. The number of nitro benzene ring substituents is 1. The van der Waals surface area contributed by atoms with Crippen molar-refractivity contribution < 1.29 is 27.7 Å². The molecule has 1 aromatic rings. The van der Waals surface area contributed by atoms with E-state index in [4.69, 9.17) is 0 Å². The molecule has 0 aliphatic heterocycles. The highest BCUT2D eigenvalue weighted by Crippen LogP contribution is 2.27. The highest BCUT2D eigenvalue weighted by Gasteiger charge is 2.21. The molecule has 1 N–H and O–H groups in total. The van der Waals surface area contributed by atoms with Crippen LogP contribution in [0.4, 0.5) is 10.5 Å². The molecule has 1 saturated carbocycles. The maximum atomic E-state index is 11.9. The van der Waals surface area contributed by atoms with E-state index in [1.54, 1.807) is 0 Å². The number of amidine groups is 1. The first-order valence-corrected chi connectivity index (χ1v) is 10.1. The van der Waals surface area contributed by atoms with Crippen molar-refractivity contribution in [1.82, 2.24) is 5.32 Å². The molecule has 0 spiro atoms. The number of sulfonamides is 1. The Morgan fingerprint density at radius 1 is 1.26 bits per heavy atom. The van der Waals surface area contributed by atoms with E-state index < -0.39 is 27.0 Å². The van der Waals surface area contributed by atoms with Gasteiger partial charge in [-0.25, -0.2) is 18.0 Å². The smallest absolute Gasteiger partial charge is 0.372 e. The van der Waals surface area contributed by atoms with Crippen LogP contribution in [0.5, 0.6) is 0 Å². The van der Waals surface area contributed by atoms with E-state index in [1.807, 2.05) is 0 Å². The topological polar surface area (TPSA) is 145 Å². The van der Waals surface area contributed by atoms with Gasteiger partial charge in [0.15, 0.2) is 0 Å². The van der Waals surface area contributed by atoms with E-state index in [2.05, 4.69) is 14.5 Å². The van der Waals surface area contributed by atoms with Crippen LogP contribution in [0.3, 0.4) is 0 Å². The van der Waals surface area contributed by atoms with Gasteiger partial charge in [-0.1, -0.05) is 25.7 Å². The maximum absolute atomic E-state index is 11.9. The summed E-state index contributed by atoms with van der Waals surface area (Å²) in [5.74, 6) is -0.899.